The number of aromatic nitrogens is 1. The number of hydrogen-bond donors (Lipinski definition) is 1. The van der Waals surface area contributed by atoms with E-state index in [-0.39, 0.29) is 6.61 Å². The van der Waals surface area contributed by atoms with Crippen molar-refractivity contribution in [2.24, 2.45) is 0 Å². The van der Waals surface area contributed by atoms with Gasteiger partial charge in [-0.05, 0) is 12.1 Å². The topological polar surface area (TPSA) is 59.3 Å². The molecule has 4 nitrogen and oxygen atoms in total. The Morgan fingerprint density at radius 3 is 2.09 bits per heavy atom. The SMILES string of the molecule is OCCn1cccc1.[O]=[Ti]=[O]. The van der Waals surface area contributed by atoms with E-state index in [0.29, 0.717) is 6.54 Å². The van der Waals surface area contributed by atoms with Crippen molar-refractivity contribution in [1.82, 2.24) is 4.57 Å². The third-order valence-electron chi connectivity index (χ3n) is 1.02. The van der Waals surface area contributed by atoms with E-state index in [1.807, 2.05) is 29.1 Å². The van der Waals surface area contributed by atoms with Gasteiger partial charge >= 0.3 is 25.7 Å². The average molecular weight is 191 g/mol. The second-order valence-corrected chi connectivity index (χ2v) is 1.99. The van der Waals surface area contributed by atoms with E-state index >= 15 is 0 Å². The summed E-state index contributed by atoms with van der Waals surface area (Å²) in [5.74, 6) is 0. The van der Waals surface area contributed by atoms with Gasteiger partial charge in [0, 0.05) is 18.9 Å². The Balaban J connectivity index is 0.000000292. The number of rotatable bonds is 2. The molecule has 0 spiro atoms. The van der Waals surface area contributed by atoms with E-state index in [9.17, 15) is 0 Å². The van der Waals surface area contributed by atoms with Crippen molar-refractivity contribution >= 4 is 0 Å². The molecule has 0 saturated heterocycles. The molecule has 60 valence electrons. The number of hydrogen-bond acceptors (Lipinski definition) is 3. The number of aliphatic hydroxyl groups is 1. The summed E-state index contributed by atoms with van der Waals surface area (Å²) < 4.78 is 18.9. The third kappa shape index (κ3) is 5.97. The van der Waals surface area contributed by atoms with Crippen LogP contribution >= 0.6 is 0 Å². The molecule has 1 aromatic rings. The van der Waals surface area contributed by atoms with Crippen LogP contribution in [0.25, 0.3) is 0 Å². The standard InChI is InChI=1S/C6H9NO.2O.Ti/c8-6-5-7-3-1-2-4-7;;;/h1-4,8H,5-6H2;;;. The molecule has 0 aliphatic carbocycles. The molecule has 0 unspecified atom stereocenters. The van der Waals surface area contributed by atoms with Crippen LogP contribution in [0.2, 0.25) is 0 Å². The molecule has 1 N–H and O–H groups in total. The summed E-state index contributed by atoms with van der Waals surface area (Å²) >= 11 is -2.00. The predicted octanol–water partition coefficient (Wildman–Crippen LogP) is 0.240. The van der Waals surface area contributed by atoms with Crippen molar-refractivity contribution in [2.75, 3.05) is 6.61 Å². The van der Waals surface area contributed by atoms with Gasteiger partial charge in [-0.1, -0.05) is 0 Å². The van der Waals surface area contributed by atoms with Gasteiger partial charge in [0.05, 0.1) is 6.61 Å². The van der Waals surface area contributed by atoms with Crippen LogP contribution in [0.5, 0.6) is 0 Å². The van der Waals surface area contributed by atoms with Crippen molar-refractivity contribution in [3.05, 3.63) is 24.5 Å². The van der Waals surface area contributed by atoms with Crippen molar-refractivity contribution < 1.29 is 30.8 Å². The predicted molar refractivity (Wildman–Crippen MR) is 32.9 cm³/mol. The normalized spacial score (nSPS) is 7.73. The minimum absolute atomic E-state index is 0.217. The van der Waals surface area contributed by atoms with Crippen LogP contribution in [0.15, 0.2) is 24.5 Å². The molecule has 0 aliphatic rings. The Bertz CT molecular complexity index is 204. The molecule has 0 atom stereocenters. The van der Waals surface area contributed by atoms with Crippen molar-refractivity contribution in [3.63, 3.8) is 0 Å². The summed E-state index contributed by atoms with van der Waals surface area (Å²) in [6, 6.07) is 3.88. The first-order chi connectivity index (χ1) is 5.35. The van der Waals surface area contributed by atoms with Crippen LogP contribution in [0.3, 0.4) is 0 Å². The molecule has 0 radical (unpaired) electrons. The summed E-state index contributed by atoms with van der Waals surface area (Å²) in [5, 5.41) is 8.42. The second-order valence-electron chi connectivity index (χ2n) is 1.73. The van der Waals surface area contributed by atoms with Gasteiger partial charge in [0.25, 0.3) is 0 Å². The monoisotopic (exact) mass is 191 g/mol. The summed E-state index contributed by atoms with van der Waals surface area (Å²) in [4.78, 5) is 0. The van der Waals surface area contributed by atoms with Gasteiger partial charge < -0.3 is 9.67 Å². The Labute approximate surface area is 73.4 Å². The van der Waals surface area contributed by atoms with E-state index < -0.39 is 19.1 Å². The van der Waals surface area contributed by atoms with Gasteiger partial charge in [0.15, 0.2) is 0 Å². The summed E-state index contributed by atoms with van der Waals surface area (Å²) in [7, 11) is 0. The maximum atomic E-state index is 8.50. The van der Waals surface area contributed by atoms with Gasteiger partial charge in [-0.3, -0.25) is 0 Å². The quantitative estimate of drug-likeness (QED) is 0.681. The zero-order valence-electron chi connectivity index (χ0n) is 5.93. The molecule has 5 heteroatoms. The van der Waals surface area contributed by atoms with Crippen molar-refractivity contribution in [1.29, 1.82) is 0 Å². The first kappa shape index (κ1) is 10.6. The van der Waals surface area contributed by atoms with Crippen LogP contribution in [0.1, 0.15) is 0 Å². The zero-order valence-corrected chi connectivity index (χ0v) is 7.50. The fraction of sp³-hybridized carbons (Fsp3) is 0.333. The maximum absolute atomic E-state index is 8.50. The first-order valence-electron chi connectivity index (χ1n) is 3.06. The molecule has 1 aromatic heterocycles. The van der Waals surface area contributed by atoms with Crippen molar-refractivity contribution in [3.8, 4) is 0 Å². The zero-order chi connectivity index (χ0) is 8.53. The van der Waals surface area contributed by atoms with Gasteiger partial charge in [-0.25, -0.2) is 0 Å². The molecule has 0 aromatic carbocycles. The van der Waals surface area contributed by atoms with Crippen molar-refractivity contribution in [2.45, 2.75) is 6.54 Å². The Kier molecular flexibility index (Phi) is 7.35. The Morgan fingerprint density at radius 1 is 1.27 bits per heavy atom. The molecule has 0 aliphatic heterocycles. The van der Waals surface area contributed by atoms with Crippen LogP contribution in [-0.2, 0) is 32.3 Å². The fourth-order valence-corrected chi connectivity index (χ4v) is 0.635. The molecule has 0 saturated carbocycles. The van der Waals surface area contributed by atoms with Gasteiger partial charge in [0.1, 0.15) is 0 Å². The molecule has 1 heterocycles. The number of nitrogens with zero attached hydrogens (tertiary/aromatic N) is 1. The van der Waals surface area contributed by atoms with Crippen LogP contribution < -0.4 is 0 Å². The Morgan fingerprint density at radius 2 is 1.73 bits per heavy atom. The molecule has 11 heavy (non-hydrogen) atoms. The van der Waals surface area contributed by atoms with Gasteiger partial charge in [0.2, 0.25) is 0 Å². The van der Waals surface area contributed by atoms with E-state index in [1.54, 1.807) is 0 Å². The van der Waals surface area contributed by atoms with E-state index in [4.69, 9.17) is 11.8 Å². The molecule has 0 bridgehead atoms. The molecule has 1 rings (SSSR count). The minimum atomic E-state index is -2.00. The molecular formula is C6H9NO3Ti. The average Bonchev–Trinajstić information content (AvgIpc) is 2.42. The fourth-order valence-electron chi connectivity index (χ4n) is 0.635. The molecule has 0 amide bonds. The summed E-state index contributed by atoms with van der Waals surface area (Å²) in [6.07, 6.45) is 3.85. The third-order valence-corrected chi connectivity index (χ3v) is 1.02. The van der Waals surface area contributed by atoms with Gasteiger partial charge in [-0.2, -0.15) is 0 Å². The second kappa shape index (κ2) is 7.66. The molecular weight excluding hydrogens is 182 g/mol. The first-order valence-corrected chi connectivity index (χ1v) is 4.33. The van der Waals surface area contributed by atoms with Crippen LogP contribution in [-0.4, -0.2) is 16.3 Å². The summed E-state index contributed by atoms with van der Waals surface area (Å²) in [6.45, 7) is 0.918. The van der Waals surface area contributed by atoms with E-state index in [2.05, 4.69) is 0 Å². The van der Waals surface area contributed by atoms with Gasteiger partial charge in [-0.15, -0.1) is 0 Å². The van der Waals surface area contributed by atoms with E-state index in [1.165, 1.54) is 0 Å². The molecule has 0 fully saturated rings. The van der Waals surface area contributed by atoms with Crippen LogP contribution in [0.4, 0.5) is 0 Å². The summed E-state index contributed by atoms with van der Waals surface area (Å²) in [5.41, 5.74) is 0. The van der Waals surface area contributed by atoms with E-state index in [0.717, 1.165) is 0 Å². The Hall–Kier alpha value is -0.446. The van der Waals surface area contributed by atoms with Crippen LogP contribution in [0, 0.1) is 0 Å². The number of aliphatic hydroxyl groups excluding tert-OH is 1.